The van der Waals surface area contributed by atoms with Crippen molar-refractivity contribution < 1.29 is 19.7 Å². The third-order valence-electron chi connectivity index (χ3n) is 7.63. The normalized spacial score (nSPS) is 42.6. The largest absolute Gasteiger partial charge is 0.363 e. The lowest BCUT2D eigenvalue weighted by atomic mass is 9.53. The Kier molecular flexibility index (Phi) is 5.78. The Hall–Kier alpha value is -0.690. The summed E-state index contributed by atoms with van der Waals surface area (Å²) in [6, 6.07) is 0. The van der Waals surface area contributed by atoms with Crippen molar-refractivity contribution in [3.05, 3.63) is 0 Å². The molecule has 4 N–H and O–H groups in total. The zero-order valence-corrected chi connectivity index (χ0v) is 17.5. The van der Waals surface area contributed by atoms with E-state index in [2.05, 4.69) is 5.32 Å². The molecule has 4 bridgehead atoms. The van der Waals surface area contributed by atoms with Gasteiger partial charge < -0.3 is 16.2 Å². The molecular formula is C22H38N2O4. The van der Waals surface area contributed by atoms with E-state index in [9.17, 15) is 9.90 Å². The predicted molar refractivity (Wildman–Crippen MR) is 106 cm³/mol. The molecule has 5 aliphatic carbocycles. The molecule has 0 atom stereocenters. The maximum Gasteiger partial charge on any atom is 0.220 e. The summed E-state index contributed by atoms with van der Waals surface area (Å²) in [5.74, 6) is 1.48. The average molecular weight is 395 g/mol. The highest BCUT2D eigenvalue weighted by atomic mass is 17.2. The van der Waals surface area contributed by atoms with Gasteiger partial charge in [0.05, 0.1) is 6.10 Å². The lowest BCUT2D eigenvalue weighted by Gasteiger charge is -2.57. The van der Waals surface area contributed by atoms with Gasteiger partial charge in [-0.2, -0.15) is 0 Å². The predicted octanol–water partition coefficient (Wildman–Crippen LogP) is 2.88. The van der Waals surface area contributed by atoms with Crippen molar-refractivity contribution in [2.45, 2.75) is 95.5 Å². The molecule has 1 amide bonds. The zero-order chi connectivity index (χ0) is 19.9. The van der Waals surface area contributed by atoms with E-state index in [4.69, 9.17) is 15.5 Å². The maximum absolute atomic E-state index is 12.1. The van der Waals surface area contributed by atoms with Crippen molar-refractivity contribution >= 4 is 5.91 Å². The number of hydrogen-bond acceptors (Lipinski definition) is 5. The molecule has 0 radical (unpaired) electrons. The highest BCUT2D eigenvalue weighted by molar-refractivity contribution is 5.76. The number of carbonyl (C=O) groups excluding carboxylic acids is 1. The van der Waals surface area contributed by atoms with Crippen molar-refractivity contribution in [2.24, 2.45) is 35.3 Å². The number of nitrogens with one attached hydrogen (secondary N) is 1. The fraction of sp³-hybridized carbons (Fsp3) is 0.955. The lowest BCUT2D eigenvalue weighted by molar-refractivity contribution is -0.481. The summed E-state index contributed by atoms with van der Waals surface area (Å²) in [7, 11) is 0. The van der Waals surface area contributed by atoms with Gasteiger partial charge in [-0.1, -0.05) is 0 Å². The number of carbonyl (C=O) groups is 1. The first-order chi connectivity index (χ1) is 13.2. The van der Waals surface area contributed by atoms with Gasteiger partial charge in [-0.3, -0.25) is 4.79 Å². The second-order valence-corrected chi connectivity index (χ2v) is 10.8. The van der Waals surface area contributed by atoms with Crippen LogP contribution in [-0.2, 0) is 14.6 Å². The standard InChI is InChI=1S/C22H38N2O4/c1-21(2,23)13-24-20(25)12-14-3-5-19(6-4-14)27-28-22(26)17-8-15-7-16(10-17)11-18(22)9-15/h14-19,26H,3-13,23H2,1-2H3,(H,24,25). The van der Waals surface area contributed by atoms with Crippen LogP contribution >= 0.6 is 0 Å². The topological polar surface area (TPSA) is 93.8 Å². The molecule has 5 aliphatic rings. The molecule has 28 heavy (non-hydrogen) atoms. The summed E-state index contributed by atoms with van der Waals surface area (Å²) >= 11 is 0. The summed E-state index contributed by atoms with van der Waals surface area (Å²) in [5, 5.41) is 14.1. The smallest absolute Gasteiger partial charge is 0.220 e. The van der Waals surface area contributed by atoms with E-state index in [0.717, 1.165) is 63.2 Å². The molecule has 0 unspecified atom stereocenters. The van der Waals surface area contributed by atoms with Crippen LogP contribution in [0.4, 0.5) is 0 Å². The minimum atomic E-state index is -1.07. The third-order valence-corrected chi connectivity index (χ3v) is 7.63. The van der Waals surface area contributed by atoms with Crippen molar-refractivity contribution in [1.82, 2.24) is 5.32 Å². The summed E-state index contributed by atoms with van der Waals surface area (Å²) in [4.78, 5) is 23.7. The summed E-state index contributed by atoms with van der Waals surface area (Å²) in [6.45, 7) is 4.32. The Bertz CT molecular complexity index is 537. The molecular weight excluding hydrogens is 356 g/mol. The van der Waals surface area contributed by atoms with Crippen molar-refractivity contribution in [3.8, 4) is 0 Å². The van der Waals surface area contributed by atoms with Crippen molar-refractivity contribution in [3.63, 3.8) is 0 Å². The SMILES string of the molecule is CC(C)(N)CNC(=O)CC1CCC(OOC2(O)C3CC4CC(C3)CC2C4)CC1. The number of rotatable bonds is 7. The maximum atomic E-state index is 12.1. The zero-order valence-electron chi connectivity index (χ0n) is 17.5. The Morgan fingerprint density at radius 3 is 2.18 bits per heavy atom. The third kappa shape index (κ3) is 4.55. The molecule has 0 aliphatic heterocycles. The molecule has 5 rings (SSSR count). The summed E-state index contributed by atoms with van der Waals surface area (Å²) in [5.41, 5.74) is 5.54. The van der Waals surface area contributed by atoms with Crippen LogP contribution in [0.2, 0.25) is 0 Å². The lowest BCUT2D eigenvalue weighted by Crippen LogP contribution is -2.59. The van der Waals surface area contributed by atoms with Crippen LogP contribution in [0.3, 0.4) is 0 Å². The Balaban J connectivity index is 1.19. The first-order valence-electron chi connectivity index (χ1n) is 11.3. The Labute approximate surface area is 168 Å². The van der Waals surface area contributed by atoms with E-state index in [1.165, 1.54) is 6.42 Å². The van der Waals surface area contributed by atoms with Gasteiger partial charge in [-0.15, -0.1) is 0 Å². The fourth-order valence-corrected chi connectivity index (χ4v) is 6.23. The molecule has 0 saturated heterocycles. The molecule has 0 aromatic rings. The highest BCUT2D eigenvalue weighted by Gasteiger charge is 2.58. The van der Waals surface area contributed by atoms with Gasteiger partial charge in [0.1, 0.15) is 0 Å². The van der Waals surface area contributed by atoms with Crippen LogP contribution < -0.4 is 11.1 Å². The molecule has 160 valence electrons. The number of amides is 1. The number of nitrogens with two attached hydrogens (primary N) is 1. The second kappa shape index (κ2) is 7.86. The molecule has 0 aromatic carbocycles. The van der Waals surface area contributed by atoms with E-state index in [1.54, 1.807) is 0 Å². The van der Waals surface area contributed by atoms with Crippen LogP contribution in [0, 0.1) is 29.6 Å². The van der Waals surface area contributed by atoms with E-state index in [1.807, 2.05) is 13.8 Å². The van der Waals surface area contributed by atoms with Crippen molar-refractivity contribution in [1.29, 1.82) is 0 Å². The van der Waals surface area contributed by atoms with Crippen LogP contribution in [0.5, 0.6) is 0 Å². The van der Waals surface area contributed by atoms with Crippen LogP contribution in [0.1, 0.15) is 78.1 Å². The van der Waals surface area contributed by atoms with Gasteiger partial charge in [-0.05, 0) is 89.4 Å². The van der Waals surface area contributed by atoms with E-state index < -0.39 is 5.79 Å². The summed E-state index contributed by atoms with van der Waals surface area (Å²) in [6.07, 6.45) is 10.00. The minimum absolute atomic E-state index is 0.0310. The van der Waals surface area contributed by atoms with Crippen LogP contribution in [0.15, 0.2) is 0 Å². The van der Waals surface area contributed by atoms with E-state index in [-0.39, 0.29) is 29.4 Å². The Morgan fingerprint density at radius 1 is 1.07 bits per heavy atom. The van der Waals surface area contributed by atoms with Gasteiger partial charge in [0.25, 0.3) is 0 Å². The quantitative estimate of drug-likeness (QED) is 0.351. The van der Waals surface area contributed by atoms with Gasteiger partial charge in [0.15, 0.2) is 0 Å². The minimum Gasteiger partial charge on any atom is -0.363 e. The van der Waals surface area contributed by atoms with E-state index >= 15 is 0 Å². The number of hydrogen-bond donors (Lipinski definition) is 3. The fourth-order valence-electron chi connectivity index (χ4n) is 6.23. The first kappa shape index (κ1) is 20.6. The molecule has 0 spiro atoms. The van der Waals surface area contributed by atoms with E-state index in [0.29, 0.717) is 18.9 Å². The first-order valence-corrected chi connectivity index (χ1v) is 11.3. The monoisotopic (exact) mass is 394 g/mol. The molecule has 0 aromatic heterocycles. The highest BCUT2D eigenvalue weighted by Crippen LogP contribution is 2.58. The molecule has 6 nitrogen and oxygen atoms in total. The van der Waals surface area contributed by atoms with Gasteiger partial charge in [0, 0.05) is 30.3 Å². The molecule has 5 fully saturated rings. The van der Waals surface area contributed by atoms with Crippen LogP contribution in [0.25, 0.3) is 0 Å². The molecule has 5 saturated carbocycles. The Morgan fingerprint density at radius 2 is 1.64 bits per heavy atom. The van der Waals surface area contributed by atoms with Gasteiger partial charge in [-0.25, -0.2) is 9.78 Å². The molecule has 6 heteroatoms. The molecule has 0 heterocycles. The second-order valence-electron chi connectivity index (χ2n) is 10.8. The van der Waals surface area contributed by atoms with Crippen molar-refractivity contribution in [2.75, 3.05) is 6.54 Å². The average Bonchev–Trinajstić information content (AvgIpc) is 2.63. The van der Waals surface area contributed by atoms with Gasteiger partial charge >= 0.3 is 0 Å². The van der Waals surface area contributed by atoms with Gasteiger partial charge in [0.2, 0.25) is 11.7 Å². The summed E-state index contributed by atoms with van der Waals surface area (Å²) < 4.78 is 0. The van der Waals surface area contributed by atoms with Crippen LogP contribution in [-0.4, -0.2) is 35.0 Å². The number of aliphatic hydroxyl groups is 1.